The lowest BCUT2D eigenvalue weighted by Gasteiger charge is -2.10. The summed E-state index contributed by atoms with van der Waals surface area (Å²) in [6.07, 6.45) is 8.25. The molecule has 1 N–H and O–H groups in total. The number of para-hydroxylation sites is 1. The largest absolute Gasteiger partial charge is 0.326 e. The van der Waals surface area contributed by atoms with Gasteiger partial charge >= 0.3 is 0 Å². The van der Waals surface area contributed by atoms with Crippen molar-refractivity contribution in [3.8, 4) is 0 Å². The number of hydrogen-bond acceptors (Lipinski definition) is 1. The Morgan fingerprint density at radius 2 is 2.00 bits per heavy atom. The molecular formula is C16H23NO. The molecule has 2 rings (SSSR count). The third-order valence-corrected chi connectivity index (χ3v) is 3.52. The minimum absolute atomic E-state index is 0.205. The second-order valence-electron chi connectivity index (χ2n) is 5.23. The van der Waals surface area contributed by atoms with E-state index in [4.69, 9.17) is 0 Å². The summed E-state index contributed by atoms with van der Waals surface area (Å²) in [5.41, 5.74) is 2.30. The van der Waals surface area contributed by atoms with E-state index < -0.39 is 0 Å². The Balaban J connectivity index is 1.89. The van der Waals surface area contributed by atoms with Crippen LogP contribution in [-0.2, 0) is 11.2 Å². The second-order valence-corrected chi connectivity index (χ2v) is 5.23. The zero-order valence-corrected chi connectivity index (χ0v) is 11.2. The molecule has 18 heavy (non-hydrogen) atoms. The quantitative estimate of drug-likeness (QED) is 0.718. The topological polar surface area (TPSA) is 29.1 Å². The fourth-order valence-electron chi connectivity index (χ4n) is 2.18. The third-order valence-electron chi connectivity index (χ3n) is 3.52. The van der Waals surface area contributed by atoms with E-state index in [9.17, 15) is 4.79 Å². The van der Waals surface area contributed by atoms with Crippen molar-refractivity contribution in [3.05, 3.63) is 29.8 Å². The lowest BCUT2D eigenvalue weighted by molar-refractivity contribution is -0.117. The number of anilines is 1. The SMILES string of the molecule is CCCCCCc1ccccc1NC(=O)C1CC1. The van der Waals surface area contributed by atoms with Crippen LogP contribution in [0.15, 0.2) is 24.3 Å². The normalized spacial score (nSPS) is 14.5. The molecule has 1 saturated carbocycles. The Morgan fingerprint density at radius 1 is 1.22 bits per heavy atom. The molecule has 1 fully saturated rings. The number of nitrogens with one attached hydrogen (secondary N) is 1. The molecule has 0 radical (unpaired) electrons. The molecule has 0 saturated heterocycles. The molecule has 0 aliphatic heterocycles. The van der Waals surface area contributed by atoms with Gasteiger partial charge in [-0.2, -0.15) is 0 Å². The van der Waals surface area contributed by atoms with Gasteiger partial charge in [-0.05, 0) is 37.3 Å². The molecule has 1 aromatic rings. The minimum Gasteiger partial charge on any atom is -0.326 e. The molecule has 1 aliphatic rings. The number of amides is 1. The van der Waals surface area contributed by atoms with E-state index in [1.54, 1.807) is 0 Å². The predicted octanol–water partition coefficient (Wildman–Crippen LogP) is 4.16. The highest BCUT2D eigenvalue weighted by molar-refractivity contribution is 5.94. The number of carbonyl (C=O) groups is 1. The summed E-state index contributed by atoms with van der Waals surface area (Å²) < 4.78 is 0. The van der Waals surface area contributed by atoms with Crippen LogP contribution in [0.3, 0.4) is 0 Å². The number of unbranched alkanes of at least 4 members (excludes halogenated alkanes) is 3. The predicted molar refractivity (Wildman–Crippen MR) is 75.6 cm³/mol. The van der Waals surface area contributed by atoms with Gasteiger partial charge < -0.3 is 5.32 Å². The van der Waals surface area contributed by atoms with E-state index in [1.807, 2.05) is 12.1 Å². The summed E-state index contributed by atoms with van der Waals surface area (Å²) in [6.45, 7) is 2.23. The number of rotatable bonds is 7. The zero-order chi connectivity index (χ0) is 12.8. The Hall–Kier alpha value is -1.31. The van der Waals surface area contributed by atoms with Crippen LogP contribution in [0.25, 0.3) is 0 Å². The first-order chi connectivity index (χ1) is 8.81. The van der Waals surface area contributed by atoms with Gasteiger partial charge in [0, 0.05) is 11.6 Å². The van der Waals surface area contributed by atoms with E-state index in [0.29, 0.717) is 0 Å². The van der Waals surface area contributed by atoms with Crippen LogP contribution in [0.4, 0.5) is 5.69 Å². The van der Waals surface area contributed by atoms with E-state index >= 15 is 0 Å². The fraction of sp³-hybridized carbons (Fsp3) is 0.562. The van der Waals surface area contributed by atoms with Gasteiger partial charge in [-0.15, -0.1) is 0 Å². The summed E-state index contributed by atoms with van der Waals surface area (Å²) in [6, 6.07) is 8.21. The molecule has 0 bridgehead atoms. The number of carbonyl (C=O) groups excluding carboxylic acids is 1. The first-order valence-electron chi connectivity index (χ1n) is 7.20. The molecule has 2 nitrogen and oxygen atoms in total. The van der Waals surface area contributed by atoms with Crippen LogP contribution in [0.5, 0.6) is 0 Å². The first-order valence-corrected chi connectivity index (χ1v) is 7.20. The van der Waals surface area contributed by atoms with Crippen LogP contribution in [0, 0.1) is 5.92 Å². The average Bonchev–Trinajstić information content (AvgIpc) is 3.20. The summed E-state index contributed by atoms with van der Waals surface area (Å²) in [4.78, 5) is 11.8. The van der Waals surface area contributed by atoms with Crippen molar-refractivity contribution in [1.82, 2.24) is 0 Å². The lowest BCUT2D eigenvalue weighted by Crippen LogP contribution is -2.14. The number of benzene rings is 1. The maximum absolute atomic E-state index is 11.8. The minimum atomic E-state index is 0.205. The van der Waals surface area contributed by atoms with Crippen molar-refractivity contribution in [2.45, 2.75) is 51.9 Å². The van der Waals surface area contributed by atoms with Gasteiger partial charge in [-0.1, -0.05) is 44.4 Å². The fourth-order valence-corrected chi connectivity index (χ4v) is 2.18. The van der Waals surface area contributed by atoms with Gasteiger partial charge in [-0.3, -0.25) is 4.79 Å². The smallest absolute Gasteiger partial charge is 0.227 e. The molecule has 1 aromatic carbocycles. The molecule has 0 aromatic heterocycles. The summed E-state index contributed by atoms with van der Waals surface area (Å²) in [7, 11) is 0. The number of hydrogen-bond donors (Lipinski definition) is 1. The average molecular weight is 245 g/mol. The highest BCUT2D eigenvalue weighted by Crippen LogP contribution is 2.30. The number of aryl methyl sites for hydroxylation is 1. The Kier molecular flexibility index (Phi) is 4.80. The van der Waals surface area contributed by atoms with E-state index in [2.05, 4.69) is 24.4 Å². The van der Waals surface area contributed by atoms with Gasteiger partial charge in [0.1, 0.15) is 0 Å². The van der Waals surface area contributed by atoms with E-state index in [0.717, 1.165) is 24.9 Å². The van der Waals surface area contributed by atoms with Gasteiger partial charge in [0.05, 0.1) is 0 Å². The standard InChI is InChI=1S/C16H23NO/c1-2-3-4-5-8-13-9-6-7-10-15(13)17-16(18)14-11-12-14/h6-7,9-10,14H,2-5,8,11-12H2,1H3,(H,17,18). The summed E-state index contributed by atoms with van der Waals surface area (Å²) in [5, 5.41) is 3.07. The van der Waals surface area contributed by atoms with Crippen LogP contribution in [0.2, 0.25) is 0 Å². The summed E-state index contributed by atoms with van der Waals surface area (Å²) in [5.74, 6) is 0.481. The molecule has 0 spiro atoms. The monoisotopic (exact) mass is 245 g/mol. The van der Waals surface area contributed by atoms with Crippen LogP contribution in [0.1, 0.15) is 51.0 Å². The molecule has 0 atom stereocenters. The highest BCUT2D eigenvalue weighted by Gasteiger charge is 2.29. The Morgan fingerprint density at radius 3 is 2.72 bits per heavy atom. The van der Waals surface area contributed by atoms with Crippen molar-refractivity contribution in [2.75, 3.05) is 5.32 Å². The molecule has 0 heterocycles. The van der Waals surface area contributed by atoms with Crippen molar-refractivity contribution in [3.63, 3.8) is 0 Å². The molecule has 1 amide bonds. The Labute approximate surface area is 110 Å². The molecule has 0 unspecified atom stereocenters. The van der Waals surface area contributed by atoms with Gasteiger partial charge in [0.2, 0.25) is 5.91 Å². The Bertz CT molecular complexity index is 396. The first kappa shape index (κ1) is 13.1. The second kappa shape index (κ2) is 6.58. The molecule has 1 aliphatic carbocycles. The molecule has 2 heteroatoms. The maximum atomic E-state index is 11.8. The van der Waals surface area contributed by atoms with Crippen LogP contribution < -0.4 is 5.32 Å². The highest BCUT2D eigenvalue weighted by atomic mass is 16.2. The molecular weight excluding hydrogens is 222 g/mol. The third kappa shape index (κ3) is 3.86. The van der Waals surface area contributed by atoms with Crippen molar-refractivity contribution >= 4 is 11.6 Å². The summed E-state index contributed by atoms with van der Waals surface area (Å²) >= 11 is 0. The van der Waals surface area contributed by atoms with E-state index in [1.165, 1.54) is 31.2 Å². The van der Waals surface area contributed by atoms with E-state index in [-0.39, 0.29) is 11.8 Å². The van der Waals surface area contributed by atoms with Crippen molar-refractivity contribution in [2.24, 2.45) is 5.92 Å². The molecule has 98 valence electrons. The van der Waals surface area contributed by atoms with Crippen molar-refractivity contribution in [1.29, 1.82) is 0 Å². The van der Waals surface area contributed by atoms with Gasteiger partial charge in [0.25, 0.3) is 0 Å². The lowest BCUT2D eigenvalue weighted by atomic mass is 10.0. The van der Waals surface area contributed by atoms with Gasteiger partial charge in [-0.25, -0.2) is 0 Å². The maximum Gasteiger partial charge on any atom is 0.227 e. The van der Waals surface area contributed by atoms with Gasteiger partial charge in [0.15, 0.2) is 0 Å². The van der Waals surface area contributed by atoms with Crippen molar-refractivity contribution < 1.29 is 4.79 Å². The van der Waals surface area contributed by atoms with Crippen LogP contribution >= 0.6 is 0 Å². The zero-order valence-electron chi connectivity index (χ0n) is 11.2. The van der Waals surface area contributed by atoms with Crippen LogP contribution in [-0.4, -0.2) is 5.91 Å².